The zero-order valence-electron chi connectivity index (χ0n) is 48.5. The number of halogens is 1. The van der Waals surface area contributed by atoms with E-state index in [0.29, 0.717) is 103 Å². The maximum Gasteiger partial charge on any atom is 0.248 e. The molecule has 0 saturated carbocycles. The van der Waals surface area contributed by atoms with Gasteiger partial charge in [0.25, 0.3) is 0 Å². The first kappa shape index (κ1) is 63.8. The van der Waals surface area contributed by atoms with Crippen LogP contribution >= 0.6 is 22.9 Å². The number of carbonyl (C=O) groups is 5. The fourth-order valence-electron chi connectivity index (χ4n) is 10.5. The smallest absolute Gasteiger partial charge is 0.248 e. The minimum Gasteiger partial charge on any atom is -0.391 e. The Kier molecular flexibility index (Phi) is 23.4. The number of nitrogens with zero attached hydrogens (tertiary/aromatic N) is 7. The molecule has 3 saturated heterocycles. The molecular formula is C59H81ClN12O11S. The predicted molar refractivity (Wildman–Crippen MR) is 318 cm³/mol. The molecular weight excluding hydrogens is 1120 g/mol. The van der Waals surface area contributed by atoms with Crippen LogP contribution in [0, 0.1) is 12.3 Å². The summed E-state index contributed by atoms with van der Waals surface area (Å²) in [7, 11) is 0. The third-order valence-electron chi connectivity index (χ3n) is 15.4. The van der Waals surface area contributed by atoms with Crippen molar-refractivity contribution in [3.63, 3.8) is 0 Å². The number of anilines is 1. The van der Waals surface area contributed by atoms with Crippen molar-refractivity contribution in [1.29, 1.82) is 0 Å². The van der Waals surface area contributed by atoms with Gasteiger partial charge in [-0.25, -0.2) is 15.0 Å². The molecule has 84 heavy (non-hydrogen) atoms. The number of β-amino-alcohol motifs (C(OH)–C–C–N with tert-alkyl or cyclic N) is 1. The number of aliphatic hydroxyl groups is 1. The largest absolute Gasteiger partial charge is 0.391 e. The molecule has 2 aromatic carbocycles. The molecule has 0 aliphatic carbocycles. The standard InChI is InChI=1S/C59H81ClN12O11S/c1-40-51(84-39-66-40)43-7-5-41(6-8-43)34-63-55(76)48-33-45(73)35-72(48)56(77)52(58(2,3)4)68-49(74)36-82-31-29-80-27-25-79-26-28-81-30-32-83-37-50(75)70-23-21-69(22-24-70)18-14-47(42-9-11-44(60)12-10-42)67-57(78)59(61)15-19-71(20-16-59)54-46-13-17-62-53(46)64-38-65-54/h5-13,17,38-39,45,47-48,52,73H,14-16,18-37,61H2,1-4H3,(H,63,76)(H,67,78)(H,68,74)(H,62,64,65)/t45-,47+,48?,52-/m1/s1. The summed E-state index contributed by atoms with van der Waals surface area (Å²) in [5, 5.41) is 21.1. The molecule has 3 aliphatic rings. The molecule has 456 valence electrons. The van der Waals surface area contributed by atoms with E-state index in [2.05, 4.69) is 45.7 Å². The number of likely N-dealkylation sites (tertiary alicyclic amines) is 1. The van der Waals surface area contributed by atoms with Gasteiger partial charge in [0, 0.05) is 76.5 Å². The summed E-state index contributed by atoms with van der Waals surface area (Å²) < 4.78 is 27.9. The van der Waals surface area contributed by atoms with Crippen LogP contribution in [0.4, 0.5) is 5.82 Å². The number of hydrogen-bond acceptors (Lipinski definition) is 18. The van der Waals surface area contributed by atoms with Crippen LogP contribution in [0.3, 0.4) is 0 Å². The van der Waals surface area contributed by atoms with Crippen LogP contribution in [0.1, 0.15) is 69.3 Å². The molecule has 0 radical (unpaired) electrons. The van der Waals surface area contributed by atoms with E-state index in [4.69, 9.17) is 41.0 Å². The van der Waals surface area contributed by atoms with Crippen molar-refractivity contribution >= 4 is 69.3 Å². The van der Waals surface area contributed by atoms with Crippen molar-refractivity contribution in [2.24, 2.45) is 11.1 Å². The van der Waals surface area contributed by atoms with Crippen molar-refractivity contribution in [3.8, 4) is 10.4 Å². The summed E-state index contributed by atoms with van der Waals surface area (Å²) in [6.07, 6.45) is 4.18. The van der Waals surface area contributed by atoms with E-state index in [9.17, 15) is 29.1 Å². The first-order chi connectivity index (χ1) is 40.5. The van der Waals surface area contributed by atoms with E-state index < -0.39 is 41.0 Å². The highest BCUT2D eigenvalue weighted by atomic mass is 35.5. The molecule has 0 bridgehead atoms. The number of piperidine rings is 1. The number of hydrogen-bond donors (Lipinski definition) is 6. The number of amides is 5. The number of rotatable bonds is 29. The molecule has 3 fully saturated rings. The highest BCUT2D eigenvalue weighted by Gasteiger charge is 2.45. The van der Waals surface area contributed by atoms with Gasteiger partial charge in [0.2, 0.25) is 29.5 Å². The Hall–Kier alpha value is -6.19. The number of H-pyrrole nitrogens is 1. The van der Waals surface area contributed by atoms with E-state index in [0.717, 1.165) is 44.1 Å². The van der Waals surface area contributed by atoms with E-state index >= 15 is 0 Å². The van der Waals surface area contributed by atoms with E-state index in [1.165, 1.54) is 4.90 Å². The van der Waals surface area contributed by atoms with Crippen LogP contribution in [0.5, 0.6) is 0 Å². The van der Waals surface area contributed by atoms with Crippen LogP contribution < -0.4 is 26.6 Å². The summed E-state index contributed by atoms with van der Waals surface area (Å²) in [5.41, 5.74) is 11.5. The molecule has 5 amide bonds. The lowest BCUT2D eigenvalue weighted by molar-refractivity contribution is -0.144. The number of nitrogens with two attached hydrogens (primary N) is 1. The molecule has 0 spiro atoms. The maximum absolute atomic E-state index is 14.0. The number of fused-ring (bicyclic) bond motifs is 1. The number of aromatic nitrogens is 4. The molecule has 4 atom stereocenters. The lowest BCUT2D eigenvalue weighted by Crippen LogP contribution is -2.60. The summed E-state index contributed by atoms with van der Waals surface area (Å²) >= 11 is 7.81. The number of thiazole rings is 1. The molecule has 3 aliphatic heterocycles. The molecule has 3 aromatic heterocycles. The van der Waals surface area contributed by atoms with Gasteiger partial charge in [-0.05, 0) is 66.5 Å². The van der Waals surface area contributed by atoms with Gasteiger partial charge in [0.1, 0.15) is 43.1 Å². The van der Waals surface area contributed by atoms with Gasteiger partial charge in [-0.3, -0.25) is 28.9 Å². The number of piperazine rings is 1. The van der Waals surface area contributed by atoms with Crippen molar-refractivity contribution in [2.45, 2.75) is 89.7 Å². The minimum atomic E-state index is -1.04. The number of benzene rings is 2. The quantitative estimate of drug-likeness (QED) is 0.0373. The highest BCUT2D eigenvalue weighted by Crippen LogP contribution is 2.31. The fraction of sp³-hybridized carbons (Fsp3) is 0.559. The normalized spacial score (nSPS) is 18.2. The summed E-state index contributed by atoms with van der Waals surface area (Å²) in [4.78, 5) is 92.3. The van der Waals surface area contributed by atoms with Gasteiger partial charge < -0.3 is 70.2 Å². The summed E-state index contributed by atoms with van der Waals surface area (Å²) in [6.45, 7) is 13.9. The summed E-state index contributed by atoms with van der Waals surface area (Å²) in [6, 6.07) is 15.2. The average molecular weight is 1200 g/mol. The van der Waals surface area contributed by atoms with Crippen molar-refractivity contribution < 1.29 is 52.8 Å². The second-order valence-corrected chi connectivity index (χ2v) is 23.8. The maximum atomic E-state index is 14.0. The fourth-order valence-corrected chi connectivity index (χ4v) is 11.4. The number of aromatic amines is 1. The summed E-state index contributed by atoms with van der Waals surface area (Å²) in [5.74, 6) is -0.767. The van der Waals surface area contributed by atoms with E-state index in [1.54, 1.807) is 17.7 Å². The van der Waals surface area contributed by atoms with Crippen LogP contribution in [0.2, 0.25) is 5.02 Å². The SMILES string of the molecule is Cc1ncsc1-c1ccc(CNC(=O)C2C[C@@H](O)CN2C(=O)[C@@H](NC(=O)COCCOCCOCCOCCOCC(=O)N2CCN(CC[C@H](NC(=O)C3(N)CCN(c4ncnc5[nH]ccc45)CC3)c3ccc(Cl)cc3)CC2)C(C)(C)C)cc1. The molecule has 5 aromatic rings. The lowest BCUT2D eigenvalue weighted by atomic mass is 9.85. The first-order valence-electron chi connectivity index (χ1n) is 28.8. The molecule has 8 rings (SSSR count). The first-order valence-corrected chi connectivity index (χ1v) is 30.0. The molecule has 25 heteroatoms. The van der Waals surface area contributed by atoms with Crippen molar-refractivity contribution in [3.05, 3.63) is 94.5 Å². The van der Waals surface area contributed by atoms with E-state index in [1.807, 2.05) is 98.9 Å². The Morgan fingerprint density at radius 3 is 2.10 bits per heavy atom. The Morgan fingerprint density at radius 1 is 0.821 bits per heavy atom. The van der Waals surface area contributed by atoms with E-state index in [-0.39, 0.29) is 76.3 Å². The third kappa shape index (κ3) is 17.9. The predicted octanol–water partition coefficient (Wildman–Crippen LogP) is 3.62. The lowest BCUT2D eigenvalue weighted by Gasteiger charge is -2.39. The zero-order chi connectivity index (χ0) is 59.6. The zero-order valence-corrected chi connectivity index (χ0v) is 50.1. The second kappa shape index (κ2) is 30.8. The van der Waals surface area contributed by atoms with Crippen LogP contribution in [-0.2, 0) is 54.2 Å². The van der Waals surface area contributed by atoms with Gasteiger partial charge >= 0.3 is 0 Å². The Morgan fingerprint density at radius 2 is 1.46 bits per heavy atom. The minimum absolute atomic E-state index is 0.0283. The number of nitrogens with one attached hydrogen (secondary N) is 4. The van der Waals surface area contributed by atoms with Gasteiger partial charge in [-0.1, -0.05) is 68.8 Å². The van der Waals surface area contributed by atoms with Crippen LogP contribution in [0.15, 0.2) is 72.6 Å². The Labute approximate surface area is 499 Å². The average Bonchev–Trinajstić information content (AvgIpc) is 4.10. The second-order valence-electron chi connectivity index (χ2n) is 22.6. The molecule has 6 heterocycles. The number of ether oxygens (including phenoxy) is 5. The number of carbonyl (C=O) groups excluding carboxylic acids is 5. The highest BCUT2D eigenvalue weighted by molar-refractivity contribution is 7.13. The Bertz CT molecular complexity index is 2930. The van der Waals surface area contributed by atoms with Crippen molar-refractivity contribution in [2.75, 3.05) is 123 Å². The topological polar surface area (TPSA) is 281 Å². The van der Waals surface area contributed by atoms with Crippen molar-refractivity contribution in [1.82, 2.24) is 50.6 Å². The number of aliphatic hydroxyl groups excluding tert-OH is 1. The van der Waals surface area contributed by atoms with Gasteiger partial charge in [-0.15, -0.1) is 11.3 Å². The Balaban J connectivity index is 0.630. The van der Waals surface area contributed by atoms with Gasteiger partial charge in [0.05, 0.1) is 92.0 Å². The number of aryl methyl sites for hydroxylation is 1. The van der Waals surface area contributed by atoms with Crippen LogP contribution in [-0.4, -0.2) is 211 Å². The van der Waals surface area contributed by atoms with Gasteiger partial charge in [-0.2, -0.15) is 0 Å². The molecule has 23 nitrogen and oxygen atoms in total. The monoisotopic (exact) mass is 1200 g/mol. The molecule has 1 unspecified atom stereocenters. The van der Waals surface area contributed by atoms with Crippen LogP contribution in [0.25, 0.3) is 21.5 Å². The third-order valence-corrected chi connectivity index (χ3v) is 16.7. The molecule has 7 N–H and O–H groups in total. The van der Waals surface area contributed by atoms with Gasteiger partial charge in [0.15, 0.2) is 0 Å².